The minimum atomic E-state index is -0.728. The molecule has 0 saturated heterocycles. The van der Waals surface area contributed by atoms with E-state index in [-0.39, 0.29) is 12.0 Å². The predicted octanol–water partition coefficient (Wildman–Crippen LogP) is 1.24. The van der Waals surface area contributed by atoms with Crippen LogP contribution in [0, 0.1) is 5.92 Å². The third kappa shape index (κ3) is 2.81. The largest absolute Gasteiger partial charge is 0.481 e. The fourth-order valence-corrected chi connectivity index (χ4v) is 1.44. The van der Waals surface area contributed by atoms with Gasteiger partial charge in [0.05, 0.1) is 6.42 Å². The molecule has 12 heavy (non-hydrogen) atoms. The highest BCUT2D eigenvalue weighted by Crippen LogP contribution is 2.38. The molecular formula is C9H17NO2. The van der Waals surface area contributed by atoms with Crippen molar-refractivity contribution in [1.82, 2.24) is 5.32 Å². The van der Waals surface area contributed by atoms with Gasteiger partial charge in [0.2, 0.25) is 0 Å². The molecule has 0 aromatic rings. The van der Waals surface area contributed by atoms with Crippen molar-refractivity contribution in [3.63, 3.8) is 0 Å². The smallest absolute Gasteiger partial charge is 0.304 e. The van der Waals surface area contributed by atoms with Gasteiger partial charge in [-0.15, -0.1) is 0 Å². The number of aliphatic carboxylic acids is 1. The van der Waals surface area contributed by atoms with Crippen LogP contribution < -0.4 is 5.32 Å². The normalized spacial score (nSPS) is 17.8. The van der Waals surface area contributed by atoms with E-state index in [1.807, 2.05) is 0 Å². The Labute approximate surface area is 73.2 Å². The summed E-state index contributed by atoms with van der Waals surface area (Å²) in [6.45, 7) is 4.87. The summed E-state index contributed by atoms with van der Waals surface area (Å²) in [7, 11) is 0. The maximum atomic E-state index is 10.2. The van der Waals surface area contributed by atoms with Crippen molar-refractivity contribution in [1.29, 1.82) is 0 Å². The van der Waals surface area contributed by atoms with Gasteiger partial charge in [-0.3, -0.25) is 4.79 Å². The quantitative estimate of drug-likeness (QED) is 0.654. The number of rotatable bonds is 5. The molecule has 3 nitrogen and oxygen atoms in total. The molecule has 1 aliphatic rings. The fourth-order valence-electron chi connectivity index (χ4n) is 1.44. The summed E-state index contributed by atoms with van der Waals surface area (Å²) in [6.07, 6.45) is 2.79. The lowest BCUT2D eigenvalue weighted by Crippen LogP contribution is -2.42. The number of carbonyl (C=O) groups is 1. The van der Waals surface area contributed by atoms with Crippen LogP contribution in [0.2, 0.25) is 0 Å². The molecule has 0 unspecified atom stereocenters. The highest BCUT2D eigenvalue weighted by atomic mass is 16.4. The van der Waals surface area contributed by atoms with Gasteiger partial charge in [0.1, 0.15) is 0 Å². The van der Waals surface area contributed by atoms with Gasteiger partial charge in [0.15, 0.2) is 0 Å². The van der Waals surface area contributed by atoms with Crippen LogP contribution in [-0.2, 0) is 4.79 Å². The summed E-state index contributed by atoms with van der Waals surface area (Å²) in [5.41, 5.74) is 0.134. The van der Waals surface area contributed by atoms with Crippen molar-refractivity contribution in [2.45, 2.75) is 38.6 Å². The lowest BCUT2D eigenvalue weighted by Gasteiger charge is -2.25. The highest BCUT2D eigenvalue weighted by molar-refractivity contribution is 5.66. The van der Waals surface area contributed by atoms with Gasteiger partial charge < -0.3 is 10.4 Å². The zero-order chi connectivity index (χ0) is 9.19. The fraction of sp³-hybridized carbons (Fsp3) is 0.889. The summed E-state index contributed by atoms with van der Waals surface area (Å²) in [6, 6.07) is 0. The second-order valence-electron chi connectivity index (χ2n) is 4.07. The Morgan fingerprint density at radius 2 is 2.17 bits per heavy atom. The first-order chi connectivity index (χ1) is 5.52. The predicted molar refractivity (Wildman–Crippen MR) is 47.1 cm³/mol. The Balaban J connectivity index is 2.16. The van der Waals surface area contributed by atoms with Gasteiger partial charge in [0.25, 0.3) is 0 Å². The molecule has 0 amide bonds. The van der Waals surface area contributed by atoms with Crippen LogP contribution in [0.4, 0.5) is 0 Å². The van der Waals surface area contributed by atoms with Crippen LogP contribution in [-0.4, -0.2) is 23.2 Å². The monoisotopic (exact) mass is 171 g/mol. The van der Waals surface area contributed by atoms with E-state index < -0.39 is 5.97 Å². The zero-order valence-electron chi connectivity index (χ0n) is 7.76. The number of carboxylic acid groups (broad SMARTS) is 1. The lowest BCUT2D eigenvalue weighted by atomic mass is 9.99. The summed E-state index contributed by atoms with van der Waals surface area (Å²) in [5.74, 6) is 0.0281. The Hall–Kier alpha value is -0.570. The maximum Gasteiger partial charge on any atom is 0.304 e. The molecule has 0 spiro atoms. The van der Waals surface area contributed by atoms with E-state index in [9.17, 15) is 4.79 Å². The summed E-state index contributed by atoms with van der Waals surface area (Å²) >= 11 is 0. The van der Waals surface area contributed by atoms with Crippen molar-refractivity contribution in [2.75, 3.05) is 6.54 Å². The average molecular weight is 171 g/mol. The van der Waals surface area contributed by atoms with E-state index in [1.165, 1.54) is 12.8 Å². The van der Waals surface area contributed by atoms with Crippen molar-refractivity contribution in [3.05, 3.63) is 0 Å². The third-order valence-electron chi connectivity index (χ3n) is 2.52. The summed E-state index contributed by atoms with van der Waals surface area (Å²) < 4.78 is 0. The van der Waals surface area contributed by atoms with E-state index >= 15 is 0 Å². The maximum absolute atomic E-state index is 10.2. The molecule has 0 atom stereocenters. The van der Waals surface area contributed by atoms with Crippen LogP contribution in [0.3, 0.4) is 0 Å². The molecule has 2 N–H and O–H groups in total. The Morgan fingerprint density at radius 1 is 1.58 bits per heavy atom. The van der Waals surface area contributed by atoms with Gasteiger partial charge in [-0.25, -0.2) is 0 Å². The van der Waals surface area contributed by atoms with Crippen LogP contribution in [0.15, 0.2) is 0 Å². The number of carboxylic acids is 1. The minimum absolute atomic E-state index is 0.134. The van der Waals surface area contributed by atoms with Gasteiger partial charge in [0, 0.05) is 12.1 Å². The van der Waals surface area contributed by atoms with E-state index in [4.69, 9.17) is 5.11 Å². The Kier molecular flexibility index (Phi) is 2.73. The molecule has 70 valence electrons. The Bertz CT molecular complexity index is 173. The SMILES string of the molecule is CC(C)(NCCC(=O)O)C1CC1. The van der Waals surface area contributed by atoms with Crippen LogP contribution in [0.5, 0.6) is 0 Å². The second-order valence-corrected chi connectivity index (χ2v) is 4.07. The lowest BCUT2D eigenvalue weighted by molar-refractivity contribution is -0.136. The van der Waals surface area contributed by atoms with Crippen LogP contribution >= 0.6 is 0 Å². The van der Waals surface area contributed by atoms with E-state index in [1.54, 1.807) is 0 Å². The van der Waals surface area contributed by atoms with Gasteiger partial charge in [-0.05, 0) is 32.6 Å². The molecular weight excluding hydrogens is 154 g/mol. The molecule has 3 heteroatoms. The van der Waals surface area contributed by atoms with E-state index in [0.29, 0.717) is 6.54 Å². The first-order valence-corrected chi connectivity index (χ1v) is 4.49. The van der Waals surface area contributed by atoms with E-state index in [0.717, 1.165) is 5.92 Å². The molecule has 1 rings (SSSR count). The van der Waals surface area contributed by atoms with Crippen molar-refractivity contribution in [3.8, 4) is 0 Å². The second kappa shape index (κ2) is 3.44. The Morgan fingerprint density at radius 3 is 2.58 bits per heavy atom. The molecule has 0 aromatic carbocycles. The van der Waals surface area contributed by atoms with E-state index in [2.05, 4.69) is 19.2 Å². The molecule has 0 heterocycles. The molecule has 1 aliphatic carbocycles. The number of hydrogen-bond donors (Lipinski definition) is 2. The standard InChI is InChI=1S/C9H17NO2/c1-9(2,7-3-4-7)10-6-5-8(11)12/h7,10H,3-6H2,1-2H3,(H,11,12). The van der Waals surface area contributed by atoms with Gasteiger partial charge >= 0.3 is 5.97 Å². The van der Waals surface area contributed by atoms with Crippen LogP contribution in [0.1, 0.15) is 33.1 Å². The highest BCUT2D eigenvalue weighted by Gasteiger charge is 2.36. The van der Waals surface area contributed by atoms with Gasteiger partial charge in [-0.1, -0.05) is 0 Å². The average Bonchev–Trinajstić information content (AvgIpc) is 2.65. The summed E-state index contributed by atoms with van der Waals surface area (Å²) in [4.78, 5) is 10.2. The first kappa shape index (κ1) is 9.52. The summed E-state index contributed by atoms with van der Waals surface area (Å²) in [5, 5.41) is 11.7. The van der Waals surface area contributed by atoms with Gasteiger partial charge in [-0.2, -0.15) is 0 Å². The molecule has 0 aliphatic heterocycles. The minimum Gasteiger partial charge on any atom is -0.481 e. The van der Waals surface area contributed by atoms with Crippen molar-refractivity contribution >= 4 is 5.97 Å². The molecule has 0 radical (unpaired) electrons. The molecule has 1 fully saturated rings. The number of nitrogens with one attached hydrogen (secondary N) is 1. The van der Waals surface area contributed by atoms with Crippen molar-refractivity contribution < 1.29 is 9.90 Å². The first-order valence-electron chi connectivity index (χ1n) is 4.49. The van der Waals surface area contributed by atoms with Crippen LogP contribution in [0.25, 0.3) is 0 Å². The zero-order valence-corrected chi connectivity index (χ0v) is 7.76. The molecule has 0 bridgehead atoms. The number of hydrogen-bond acceptors (Lipinski definition) is 2. The molecule has 1 saturated carbocycles. The third-order valence-corrected chi connectivity index (χ3v) is 2.52. The van der Waals surface area contributed by atoms with Crippen molar-refractivity contribution in [2.24, 2.45) is 5.92 Å². The topological polar surface area (TPSA) is 49.3 Å². The molecule has 0 aromatic heterocycles.